The highest BCUT2D eigenvalue weighted by molar-refractivity contribution is 5.99. The van der Waals surface area contributed by atoms with Gasteiger partial charge in [0, 0.05) is 32.8 Å². The molecule has 0 atom stereocenters. The van der Waals surface area contributed by atoms with Crippen LogP contribution in [-0.4, -0.2) is 54.5 Å². The minimum Gasteiger partial charge on any atom is -0.376 e. The van der Waals surface area contributed by atoms with E-state index in [9.17, 15) is 9.59 Å². The highest BCUT2D eigenvalue weighted by Gasteiger charge is 2.30. The summed E-state index contributed by atoms with van der Waals surface area (Å²) in [7, 11) is 3.67. The molecule has 36 heavy (non-hydrogen) atoms. The third kappa shape index (κ3) is 5.95. The van der Waals surface area contributed by atoms with Crippen LogP contribution in [0.15, 0.2) is 42.6 Å². The van der Waals surface area contributed by atoms with E-state index in [2.05, 4.69) is 30.2 Å². The van der Waals surface area contributed by atoms with Crippen LogP contribution in [0.4, 0.5) is 17.2 Å². The first kappa shape index (κ1) is 25.9. The molecule has 4 rings (SSSR count). The number of carbonyl (C=O) groups excluding carboxylic acids is 2. The van der Waals surface area contributed by atoms with Gasteiger partial charge >= 0.3 is 0 Å². The smallest absolute Gasteiger partial charge is 0.229 e. The Labute approximate surface area is 214 Å². The molecule has 0 saturated heterocycles. The second-order valence-corrected chi connectivity index (χ2v) is 10.3. The standard InChI is InChI=1S/C29H38N4O3/c1-19(2)36-24-11-8-21(9-12-24)29(35)33(5)26-17-22(23-14-16-32(4)27(34)18-23)10-13-25(26)31-28-20(3)7-6-15-30-28/h6-7,10,13-15,17,19,21,24H,8-9,11-12,16,18H2,1-5H3,(H,30,31). The highest BCUT2D eigenvalue weighted by atomic mass is 16.5. The lowest BCUT2D eigenvalue weighted by atomic mass is 9.86. The van der Waals surface area contributed by atoms with Crippen molar-refractivity contribution in [1.29, 1.82) is 0 Å². The minimum atomic E-state index is -0.0285. The van der Waals surface area contributed by atoms with Crippen molar-refractivity contribution in [1.82, 2.24) is 9.88 Å². The SMILES string of the molecule is Cc1cccnc1Nc1ccc(C2=CCN(C)C(=O)C2)cc1N(C)C(=O)C1CCC(OC(C)C)CC1. The molecule has 0 unspecified atom stereocenters. The van der Waals surface area contributed by atoms with Gasteiger partial charge in [0.15, 0.2) is 0 Å². The van der Waals surface area contributed by atoms with E-state index >= 15 is 0 Å². The number of amides is 2. The molecule has 2 aliphatic rings. The van der Waals surface area contributed by atoms with E-state index in [1.807, 2.05) is 51.4 Å². The number of pyridine rings is 1. The van der Waals surface area contributed by atoms with Crippen molar-refractivity contribution in [3.63, 3.8) is 0 Å². The predicted molar refractivity (Wildman–Crippen MR) is 144 cm³/mol. The number of hydrogen-bond donors (Lipinski definition) is 1. The van der Waals surface area contributed by atoms with E-state index in [-0.39, 0.29) is 29.9 Å². The minimum absolute atomic E-state index is 0.0285. The molecule has 1 aliphatic carbocycles. The lowest BCUT2D eigenvalue weighted by Gasteiger charge is -2.32. The molecule has 0 spiro atoms. The Kier molecular flexibility index (Phi) is 8.09. The molecular formula is C29H38N4O3. The van der Waals surface area contributed by atoms with Crippen molar-refractivity contribution in [2.45, 2.75) is 65.1 Å². The summed E-state index contributed by atoms with van der Waals surface area (Å²) in [5.74, 6) is 0.946. The largest absolute Gasteiger partial charge is 0.376 e. The van der Waals surface area contributed by atoms with E-state index in [0.717, 1.165) is 59.6 Å². The van der Waals surface area contributed by atoms with Crippen LogP contribution in [0.1, 0.15) is 57.1 Å². The fourth-order valence-electron chi connectivity index (χ4n) is 5.02. The Bertz CT molecular complexity index is 1140. The molecule has 1 aliphatic heterocycles. The van der Waals surface area contributed by atoms with E-state index in [4.69, 9.17) is 4.74 Å². The number of carbonyl (C=O) groups is 2. The maximum Gasteiger partial charge on any atom is 0.229 e. The monoisotopic (exact) mass is 490 g/mol. The first-order valence-corrected chi connectivity index (χ1v) is 12.9. The molecule has 1 aromatic carbocycles. The number of rotatable bonds is 7. The lowest BCUT2D eigenvalue weighted by molar-refractivity contribution is -0.128. The summed E-state index contributed by atoms with van der Waals surface area (Å²) in [6, 6.07) is 9.94. The maximum atomic E-state index is 13.6. The van der Waals surface area contributed by atoms with Gasteiger partial charge in [0.05, 0.1) is 30.0 Å². The van der Waals surface area contributed by atoms with E-state index in [1.54, 1.807) is 16.0 Å². The Morgan fingerprint density at radius 3 is 2.61 bits per heavy atom. The quantitative estimate of drug-likeness (QED) is 0.568. The summed E-state index contributed by atoms with van der Waals surface area (Å²) in [5.41, 5.74) is 4.58. The highest BCUT2D eigenvalue weighted by Crippen LogP contribution is 2.36. The Hall–Kier alpha value is -3.19. The zero-order valence-corrected chi connectivity index (χ0v) is 22.1. The van der Waals surface area contributed by atoms with Gasteiger partial charge in [-0.1, -0.05) is 18.2 Å². The molecule has 2 aromatic rings. The molecule has 0 bridgehead atoms. The van der Waals surface area contributed by atoms with Gasteiger partial charge in [-0.2, -0.15) is 0 Å². The van der Waals surface area contributed by atoms with Crippen LogP contribution in [0.25, 0.3) is 5.57 Å². The number of nitrogens with one attached hydrogen (secondary N) is 1. The molecule has 7 nitrogen and oxygen atoms in total. The second kappa shape index (κ2) is 11.2. The molecule has 0 radical (unpaired) electrons. The van der Waals surface area contributed by atoms with Crippen LogP contribution >= 0.6 is 0 Å². The zero-order valence-electron chi connectivity index (χ0n) is 22.1. The third-order valence-corrected chi connectivity index (χ3v) is 7.19. The van der Waals surface area contributed by atoms with Crippen LogP contribution in [0, 0.1) is 12.8 Å². The number of nitrogens with zero attached hydrogens (tertiary/aromatic N) is 3. The summed E-state index contributed by atoms with van der Waals surface area (Å²) in [5, 5.41) is 3.43. The van der Waals surface area contributed by atoms with Gasteiger partial charge in [0.1, 0.15) is 5.82 Å². The number of benzene rings is 1. The Morgan fingerprint density at radius 1 is 1.19 bits per heavy atom. The molecule has 1 saturated carbocycles. The van der Waals surface area contributed by atoms with Crippen molar-refractivity contribution in [3.8, 4) is 0 Å². The number of aromatic nitrogens is 1. The van der Waals surface area contributed by atoms with Crippen molar-refractivity contribution in [2.24, 2.45) is 5.92 Å². The van der Waals surface area contributed by atoms with Gasteiger partial charge < -0.3 is 19.9 Å². The number of aryl methyl sites for hydroxylation is 1. The second-order valence-electron chi connectivity index (χ2n) is 10.3. The number of ether oxygens (including phenoxy) is 1. The van der Waals surface area contributed by atoms with Crippen LogP contribution in [0.5, 0.6) is 0 Å². The first-order valence-electron chi connectivity index (χ1n) is 12.9. The van der Waals surface area contributed by atoms with E-state index in [0.29, 0.717) is 13.0 Å². The zero-order chi connectivity index (χ0) is 25.8. The van der Waals surface area contributed by atoms with Gasteiger partial charge in [-0.05, 0) is 81.4 Å². The fraction of sp³-hybridized carbons (Fsp3) is 0.483. The van der Waals surface area contributed by atoms with E-state index in [1.165, 1.54) is 0 Å². The molecule has 1 N–H and O–H groups in total. The normalized spacial score (nSPS) is 20.3. The maximum absolute atomic E-state index is 13.6. The number of anilines is 3. The molecule has 1 aromatic heterocycles. The van der Waals surface area contributed by atoms with Gasteiger partial charge in [-0.25, -0.2) is 4.98 Å². The topological polar surface area (TPSA) is 74.8 Å². The molecule has 2 amide bonds. The summed E-state index contributed by atoms with van der Waals surface area (Å²) in [4.78, 5) is 34.0. The Morgan fingerprint density at radius 2 is 1.94 bits per heavy atom. The number of likely N-dealkylation sites (N-methyl/N-ethyl adjacent to an activating group) is 1. The van der Waals surface area contributed by atoms with Crippen molar-refractivity contribution >= 4 is 34.6 Å². The van der Waals surface area contributed by atoms with Crippen molar-refractivity contribution in [3.05, 3.63) is 53.7 Å². The van der Waals surface area contributed by atoms with Crippen LogP contribution in [0.3, 0.4) is 0 Å². The first-order chi connectivity index (χ1) is 17.2. The molecule has 1 fully saturated rings. The van der Waals surface area contributed by atoms with Crippen molar-refractivity contribution < 1.29 is 14.3 Å². The molecular weight excluding hydrogens is 452 g/mol. The average molecular weight is 491 g/mol. The predicted octanol–water partition coefficient (Wildman–Crippen LogP) is 5.33. The van der Waals surface area contributed by atoms with E-state index < -0.39 is 0 Å². The number of hydrogen-bond acceptors (Lipinski definition) is 5. The van der Waals surface area contributed by atoms with Gasteiger partial charge in [-0.15, -0.1) is 0 Å². The molecule has 7 heteroatoms. The summed E-state index contributed by atoms with van der Waals surface area (Å²) >= 11 is 0. The summed E-state index contributed by atoms with van der Waals surface area (Å²) in [6.45, 7) is 6.71. The van der Waals surface area contributed by atoms with Gasteiger partial charge in [-0.3, -0.25) is 9.59 Å². The molecule has 192 valence electrons. The lowest BCUT2D eigenvalue weighted by Crippen LogP contribution is -2.37. The molecule has 2 heterocycles. The van der Waals surface area contributed by atoms with Gasteiger partial charge in [0.2, 0.25) is 11.8 Å². The van der Waals surface area contributed by atoms with Gasteiger partial charge in [0.25, 0.3) is 0 Å². The third-order valence-electron chi connectivity index (χ3n) is 7.19. The van der Waals surface area contributed by atoms with Crippen LogP contribution in [0.2, 0.25) is 0 Å². The summed E-state index contributed by atoms with van der Waals surface area (Å²) < 4.78 is 5.98. The Balaban J connectivity index is 1.61. The fourth-order valence-corrected chi connectivity index (χ4v) is 5.02. The summed E-state index contributed by atoms with van der Waals surface area (Å²) in [6.07, 6.45) is 8.12. The van der Waals surface area contributed by atoms with Crippen LogP contribution in [-0.2, 0) is 14.3 Å². The van der Waals surface area contributed by atoms with Crippen LogP contribution < -0.4 is 10.2 Å². The van der Waals surface area contributed by atoms with Crippen molar-refractivity contribution in [2.75, 3.05) is 30.9 Å². The average Bonchev–Trinajstić information content (AvgIpc) is 2.86.